The number of rotatable bonds is 5. The van der Waals surface area contributed by atoms with Gasteiger partial charge in [-0.25, -0.2) is 0 Å². The standard InChI is InChI=1S/C16H25N3O2/c1-17-16(19(2)11-14-8-9-21-12-14)18-10-13-4-6-15(20-3)7-5-13/h4-7,14H,8-12H2,1-3H3,(H,17,18). The molecule has 1 aliphatic heterocycles. The third-order valence-corrected chi connectivity index (χ3v) is 3.74. The minimum atomic E-state index is 0.606. The molecule has 21 heavy (non-hydrogen) atoms. The van der Waals surface area contributed by atoms with Gasteiger partial charge in [-0.05, 0) is 24.1 Å². The maximum absolute atomic E-state index is 5.42. The van der Waals surface area contributed by atoms with Crippen molar-refractivity contribution in [3.63, 3.8) is 0 Å². The lowest BCUT2D eigenvalue weighted by molar-refractivity contribution is 0.181. The van der Waals surface area contributed by atoms with Gasteiger partial charge < -0.3 is 19.7 Å². The number of ether oxygens (including phenoxy) is 2. The Kier molecular flexibility index (Phi) is 5.87. The van der Waals surface area contributed by atoms with Crippen molar-refractivity contribution in [1.82, 2.24) is 10.2 Å². The van der Waals surface area contributed by atoms with Crippen molar-refractivity contribution in [2.24, 2.45) is 10.9 Å². The van der Waals surface area contributed by atoms with E-state index in [0.29, 0.717) is 5.92 Å². The summed E-state index contributed by atoms with van der Waals surface area (Å²) >= 11 is 0. The molecule has 1 N–H and O–H groups in total. The number of benzene rings is 1. The molecule has 0 saturated carbocycles. The predicted octanol–water partition coefficient (Wildman–Crippen LogP) is 1.74. The molecule has 1 aromatic rings. The number of nitrogens with zero attached hydrogens (tertiary/aromatic N) is 2. The average molecular weight is 291 g/mol. The van der Waals surface area contributed by atoms with Crippen LogP contribution >= 0.6 is 0 Å². The summed E-state index contributed by atoms with van der Waals surface area (Å²) in [5.41, 5.74) is 1.20. The van der Waals surface area contributed by atoms with Crippen LogP contribution in [0.25, 0.3) is 0 Å². The highest BCUT2D eigenvalue weighted by Crippen LogP contribution is 2.14. The van der Waals surface area contributed by atoms with E-state index in [1.807, 2.05) is 19.2 Å². The largest absolute Gasteiger partial charge is 0.497 e. The van der Waals surface area contributed by atoms with Gasteiger partial charge in [0.25, 0.3) is 0 Å². The van der Waals surface area contributed by atoms with E-state index < -0.39 is 0 Å². The van der Waals surface area contributed by atoms with E-state index in [-0.39, 0.29) is 0 Å². The molecule has 0 aromatic heterocycles. The van der Waals surface area contributed by atoms with E-state index in [9.17, 15) is 0 Å². The lowest BCUT2D eigenvalue weighted by atomic mass is 10.1. The first-order chi connectivity index (χ1) is 10.2. The zero-order valence-electron chi connectivity index (χ0n) is 13.1. The quantitative estimate of drug-likeness (QED) is 0.663. The normalized spacial score (nSPS) is 18.6. The predicted molar refractivity (Wildman–Crippen MR) is 84.7 cm³/mol. The summed E-state index contributed by atoms with van der Waals surface area (Å²) in [7, 11) is 5.57. The third kappa shape index (κ3) is 4.63. The number of methoxy groups -OCH3 is 1. The summed E-state index contributed by atoms with van der Waals surface area (Å²) in [5, 5.41) is 3.39. The minimum absolute atomic E-state index is 0.606. The molecule has 5 nitrogen and oxygen atoms in total. The van der Waals surface area contributed by atoms with Crippen LogP contribution in [0.1, 0.15) is 12.0 Å². The first kappa shape index (κ1) is 15.6. The fourth-order valence-corrected chi connectivity index (χ4v) is 2.51. The Balaban J connectivity index is 1.83. The highest BCUT2D eigenvalue weighted by molar-refractivity contribution is 5.79. The minimum Gasteiger partial charge on any atom is -0.497 e. The molecule has 0 aliphatic carbocycles. The molecule has 1 unspecified atom stereocenters. The summed E-state index contributed by atoms with van der Waals surface area (Å²) in [4.78, 5) is 6.51. The Hall–Kier alpha value is -1.75. The Morgan fingerprint density at radius 1 is 1.43 bits per heavy atom. The summed E-state index contributed by atoms with van der Waals surface area (Å²) in [6.07, 6.45) is 1.14. The van der Waals surface area contributed by atoms with Gasteiger partial charge in [0.2, 0.25) is 0 Å². The molecular formula is C16H25N3O2. The topological polar surface area (TPSA) is 46.1 Å². The summed E-state index contributed by atoms with van der Waals surface area (Å²) in [5.74, 6) is 2.40. The SMILES string of the molecule is CN=C(NCc1ccc(OC)cc1)N(C)CC1CCOC1. The fraction of sp³-hybridized carbons (Fsp3) is 0.562. The Morgan fingerprint density at radius 2 is 2.19 bits per heavy atom. The van der Waals surface area contributed by atoms with E-state index in [1.165, 1.54) is 5.56 Å². The Morgan fingerprint density at radius 3 is 2.76 bits per heavy atom. The maximum Gasteiger partial charge on any atom is 0.193 e. The van der Waals surface area contributed by atoms with Crippen LogP contribution in [0.2, 0.25) is 0 Å². The highest BCUT2D eigenvalue weighted by atomic mass is 16.5. The molecule has 1 aromatic carbocycles. The Bertz CT molecular complexity index is 453. The molecule has 1 atom stereocenters. The zero-order chi connectivity index (χ0) is 15.1. The maximum atomic E-state index is 5.42. The summed E-state index contributed by atoms with van der Waals surface area (Å²) in [6.45, 7) is 3.47. The first-order valence-electron chi connectivity index (χ1n) is 7.35. The van der Waals surface area contributed by atoms with E-state index >= 15 is 0 Å². The van der Waals surface area contributed by atoms with E-state index in [4.69, 9.17) is 9.47 Å². The van der Waals surface area contributed by atoms with Crippen molar-refractivity contribution < 1.29 is 9.47 Å². The van der Waals surface area contributed by atoms with Gasteiger partial charge in [-0.2, -0.15) is 0 Å². The average Bonchev–Trinajstić information content (AvgIpc) is 3.01. The summed E-state index contributed by atoms with van der Waals surface area (Å²) in [6, 6.07) is 8.06. The molecule has 1 saturated heterocycles. The monoisotopic (exact) mass is 291 g/mol. The number of hydrogen-bond acceptors (Lipinski definition) is 3. The molecule has 1 aliphatic rings. The molecule has 0 amide bonds. The Labute approximate surface area is 127 Å². The van der Waals surface area contributed by atoms with Crippen LogP contribution in [0.5, 0.6) is 5.75 Å². The fourth-order valence-electron chi connectivity index (χ4n) is 2.51. The second-order valence-electron chi connectivity index (χ2n) is 5.36. The van der Waals surface area contributed by atoms with E-state index in [2.05, 4.69) is 34.4 Å². The molecule has 2 rings (SSSR count). The first-order valence-corrected chi connectivity index (χ1v) is 7.35. The van der Waals surface area contributed by atoms with Gasteiger partial charge in [0, 0.05) is 39.7 Å². The van der Waals surface area contributed by atoms with Crippen LogP contribution in [0, 0.1) is 5.92 Å². The smallest absolute Gasteiger partial charge is 0.193 e. The van der Waals surface area contributed by atoms with Crippen molar-refractivity contribution in [2.45, 2.75) is 13.0 Å². The van der Waals surface area contributed by atoms with Crippen molar-refractivity contribution >= 4 is 5.96 Å². The molecule has 0 radical (unpaired) electrons. The lowest BCUT2D eigenvalue weighted by Gasteiger charge is -2.24. The second kappa shape index (κ2) is 7.88. The van der Waals surface area contributed by atoms with Gasteiger partial charge in [0.05, 0.1) is 13.7 Å². The van der Waals surface area contributed by atoms with Crippen molar-refractivity contribution in [2.75, 3.05) is 41.0 Å². The van der Waals surface area contributed by atoms with Gasteiger partial charge in [0.1, 0.15) is 5.75 Å². The summed E-state index contributed by atoms with van der Waals surface area (Å²) < 4.78 is 10.6. The van der Waals surface area contributed by atoms with Gasteiger partial charge in [0.15, 0.2) is 5.96 Å². The molecule has 0 spiro atoms. The van der Waals surface area contributed by atoms with Crippen LogP contribution < -0.4 is 10.1 Å². The van der Waals surface area contributed by atoms with E-state index in [1.54, 1.807) is 7.11 Å². The van der Waals surface area contributed by atoms with Gasteiger partial charge in [-0.3, -0.25) is 4.99 Å². The molecule has 0 bridgehead atoms. The van der Waals surface area contributed by atoms with Crippen molar-refractivity contribution in [3.8, 4) is 5.75 Å². The lowest BCUT2D eigenvalue weighted by Crippen LogP contribution is -2.41. The van der Waals surface area contributed by atoms with Crippen molar-refractivity contribution in [3.05, 3.63) is 29.8 Å². The van der Waals surface area contributed by atoms with Crippen LogP contribution in [0.4, 0.5) is 0 Å². The van der Waals surface area contributed by atoms with Gasteiger partial charge in [-0.15, -0.1) is 0 Å². The number of aliphatic imine (C=N–C) groups is 1. The van der Waals surface area contributed by atoms with Gasteiger partial charge in [-0.1, -0.05) is 12.1 Å². The number of hydrogen-bond donors (Lipinski definition) is 1. The molecule has 116 valence electrons. The molecule has 1 heterocycles. The van der Waals surface area contributed by atoms with Crippen LogP contribution in [0.15, 0.2) is 29.3 Å². The van der Waals surface area contributed by atoms with Crippen molar-refractivity contribution in [1.29, 1.82) is 0 Å². The van der Waals surface area contributed by atoms with E-state index in [0.717, 1.165) is 44.4 Å². The zero-order valence-corrected chi connectivity index (χ0v) is 13.1. The number of nitrogens with one attached hydrogen (secondary N) is 1. The van der Waals surface area contributed by atoms with Crippen LogP contribution in [0.3, 0.4) is 0 Å². The molecule has 5 heteroatoms. The van der Waals surface area contributed by atoms with Gasteiger partial charge >= 0.3 is 0 Å². The molecule has 1 fully saturated rings. The third-order valence-electron chi connectivity index (χ3n) is 3.74. The highest BCUT2D eigenvalue weighted by Gasteiger charge is 2.18. The van der Waals surface area contributed by atoms with Crippen LogP contribution in [-0.4, -0.2) is 51.8 Å². The second-order valence-corrected chi connectivity index (χ2v) is 5.36. The van der Waals surface area contributed by atoms with Crippen LogP contribution in [-0.2, 0) is 11.3 Å². The number of guanidine groups is 1. The molecular weight excluding hydrogens is 266 g/mol.